The molecule has 0 aliphatic carbocycles. The number of rotatable bonds is 70. The lowest BCUT2D eigenvalue weighted by atomic mass is 10.0. The van der Waals surface area contributed by atoms with Crippen molar-refractivity contribution in [3.63, 3.8) is 0 Å². The second-order valence-electron chi connectivity index (χ2n) is 33.4. The molecule has 0 bridgehead atoms. The van der Waals surface area contributed by atoms with Gasteiger partial charge in [-0.25, -0.2) is 58.9 Å². The Kier molecular flexibility index (Phi) is 54.3. The molecule has 0 radical (unpaired) electrons. The number of sulfonamides is 7. The van der Waals surface area contributed by atoms with Gasteiger partial charge in [-0.15, -0.1) is 0 Å². The number of carbonyl (C=O) groups excluding carboxylic acids is 8. The van der Waals surface area contributed by atoms with Gasteiger partial charge in [0.15, 0.2) is 17.9 Å². The van der Waals surface area contributed by atoms with E-state index in [-0.39, 0.29) is 107 Å². The van der Waals surface area contributed by atoms with E-state index in [0.29, 0.717) is 27.8 Å². The minimum atomic E-state index is -4.62. The van der Waals surface area contributed by atoms with Crippen LogP contribution in [0.15, 0.2) is 0 Å². The summed E-state index contributed by atoms with van der Waals surface area (Å²) >= 11 is 0. The molecule has 50 nitrogen and oxygen atoms in total. The number of carboxylic acid groups (broad SMARTS) is 1. The van der Waals surface area contributed by atoms with Gasteiger partial charge in [-0.2, -0.15) is 30.1 Å². The van der Waals surface area contributed by atoms with Crippen LogP contribution < -0.4 is 81.8 Å². The van der Waals surface area contributed by atoms with Crippen LogP contribution in [0, 0.1) is 39.9 Å². The number of nitrogens with two attached hydrogens (primary N) is 5. The Hall–Kier alpha value is -7.51. The Morgan fingerprint density at radius 2 is 0.609 bits per heavy atom. The number of aliphatic hydroxyl groups excluding tert-OH is 1. The summed E-state index contributed by atoms with van der Waals surface area (Å²) < 4.78 is 198. The smallest absolute Gasteiger partial charge is 0.303 e. The van der Waals surface area contributed by atoms with E-state index in [2.05, 4.69) is 53.2 Å². The highest BCUT2D eigenvalue weighted by Crippen LogP contribution is 2.19. The van der Waals surface area contributed by atoms with Crippen LogP contribution in [0.2, 0.25) is 0 Å². The van der Waals surface area contributed by atoms with Gasteiger partial charge in [-0.05, 0) is 95.3 Å². The van der Waals surface area contributed by atoms with Crippen LogP contribution in [0.25, 0.3) is 0 Å². The van der Waals surface area contributed by atoms with Crippen molar-refractivity contribution in [1.29, 1.82) is 16.2 Å². The highest BCUT2D eigenvalue weighted by atomic mass is 32.2. The maximum Gasteiger partial charge on any atom is 0.303 e. The fourth-order valence-electron chi connectivity index (χ4n) is 13.1. The second-order valence-corrected chi connectivity index (χ2v) is 47.5. The molecule has 0 aliphatic rings. The summed E-state index contributed by atoms with van der Waals surface area (Å²) in [6.07, 6.45) is -0.238. The fraction of sp³-hybridized carbons (Fsp3) is 0.831. The molecule has 25 N–H and O–H groups in total. The van der Waals surface area contributed by atoms with Crippen LogP contribution in [-0.4, -0.2) is 385 Å². The first-order chi connectivity index (χ1) is 58.7. The fourth-order valence-corrected chi connectivity index (χ4v) is 21.7. The van der Waals surface area contributed by atoms with Crippen molar-refractivity contribution < 1.29 is 112 Å². The molecule has 0 rings (SSSR count). The Labute approximate surface area is 755 Å². The van der Waals surface area contributed by atoms with Gasteiger partial charge in [0, 0.05) is 128 Å². The van der Waals surface area contributed by atoms with E-state index in [0.717, 1.165) is 35.0 Å². The van der Waals surface area contributed by atoms with E-state index >= 15 is 0 Å². The standard InChI is InChI=1S/C71H145N25O25S7/c1-48(2)30-59(87-64(102)42-91(123(13,110)111)34-56(19-16-26-81-70(76)77)84-62(100)40-90(122(12,108)109)33-55(18-15-25-80-69(74)75)85-63(101)41-92(124(14,112)113)35-58(83-54(11)99)21-22-68(106)107)38-95(126(116,117)29-24-73)45-67(105)89-61(53(10)98)39-96(128(120,121)47-51(7)8)44-66(104)88-60(31-49(3)4)37-94(125(114,115)28-23-72)43-65(103)86-57(20-17-27-82-71(78)79)36-93(32-52(9)97)127(118,119)46-50(5)6/h48-51,53,55-61,98H,15-47,72-73H2,1-14H3,(H,83,99)(H,84,100)(H,85,101)(H,86,103)(H,87,102)(H,88,104)(H,89,105)(H,106,107)(H4,74,75,80)(H4,76,77,81)(H4,78,79,82)/t53?,55-,56-,57-,58-,59-,60-,61+/m0/s1. The highest BCUT2D eigenvalue weighted by molar-refractivity contribution is 7.90. The van der Waals surface area contributed by atoms with Gasteiger partial charge in [-0.1, -0.05) is 55.4 Å². The number of aliphatic hydroxyl groups is 1. The molecule has 0 aromatic carbocycles. The van der Waals surface area contributed by atoms with Crippen LogP contribution in [0.4, 0.5) is 0 Å². The van der Waals surface area contributed by atoms with Crippen molar-refractivity contribution in [2.45, 2.75) is 189 Å². The summed E-state index contributed by atoms with van der Waals surface area (Å²) in [4.78, 5) is 121. The first-order valence-corrected chi connectivity index (χ1v) is 53.5. The monoisotopic (exact) mass is 1970 g/mol. The van der Waals surface area contributed by atoms with E-state index in [1.54, 1.807) is 55.4 Å². The van der Waals surface area contributed by atoms with Crippen molar-refractivity contribution >= 4 is 141 Å². The molecule has 1 unspecified atom stereocenters. The Morgan fingerprint density at radius 1 is 0.352 bits per heavy atom. The molecule has 7 amide bonds. The zero-order chi connectivity index (χ0) is 98.8. The van der Waals surface area contributed by atoms with Crippen LogP contribution in [-0.2, 0) is 113 Å². The predicted molar refractivity (Wildman–Crippen MR) is 483 cm³/mol. The SMILES string of the molecule is CC(=O)CN(C[C@H](CCCNC(=N)N)NC(=O)CN(C[C@H](CC(C)C)NC(=O)CN(C[C@@H](NC(=O)CN(C[C@H](CC(C)C)NC(=O)CN(C[C@H](CCCNC(=N)N)NC(=O)CN(C[C@H](CCCNC(=N)N)NC(=O)CN(C[C@H](CCC(=O)O)NC(C)=O)S(C)(=O)=O)S(C)(=O)=O)S(C)(=O)=O)S(=O)(=O)CCN)C(C)O)S(=O)(=O)CC(C)C)S(=O)(=O)CCN)S(=O)(=O)CC(C)C. The van der Waals surface area contributed by atoms with Gasteiger partial charge in [0.25, 0.3) is 0 Å². The van der Waals surface area contributed by atoms with Crippen molar-refractivity contribution in [3.8, 4) is 0 Å². The summed E-state index contributed by atoms with van der Waals surface area (Å²) in [7, 11) is -31.0. The van der Waals surface area contributed by atoms with E-state index in [4.69, 9.17) is 44.9 Å². The van der Waals surface area contributed by atoms with Gasteiger partial charge in [-0.3, -0.25) is 59.4 Å². The number of carboxylic acids is 1. The number of hydrogen-bond acceptors (Lipinski definition) is 29. The lowest BCUT2D eigenvalue weighted by molar-refractivity contribution is -0.137. The second kappa shape index (κ2) is 57.7. The number of hydrogen-bond donors (Lipinski definition) is 20. The first-order valence-electron chi connectivity index (χ1n) is 41.5. The molecule has 0 saturated carbocycles. The van der Waals surface area contributed by atoms with E-state index in [1.807, 2.05) is 0 Å². The molecule has 0 spiro atoms. The number of carbonyl (C=O) groups is 9. The first kappa shape index (κ1) is 120. The maximum atomic E-state index is 14.5. The number of guanidine groups is 3. The van der Waals surface area contributed by atoms with Crippen LogP contribution in [0.3, 0.4) is 0 Å². The summed E-state index contributed by atoms with van der Waals surface area (Å²) in [6, 6.07) is -8.78. The van der Waals surface area contributed by atoms with E-state index in [9.17, 15) is 112 Å². The molecule has 0 fully saturated rings. The third kappa shape index (κ3) is 53.7. The third-order valence-electron chi connectivity index (χ3n) is 18.6. The van der Waals surface area contributed by atoms with Gasteiger partial charge in [0.05, 0.1) is 99.7 Å². The molecule has 0 aromatic heterocycles. The lowest BCUT2D eigenvalue weighted by Crippen LogP contribution is -2.57. The molecule has 57 heteroatoms. The van der Waals surface area contributed by atoms with E-state index < -0.39 is 318 Å². The number of ketones is 1. The number of amides is 7. The average molecular weight is 1970 g/mol. The third-order valence-corrected chi connectivity index (χ3v) is 30.2. The Balaban J connectivity index is 7.56. The summed E-state index contributed by atoms with van der Waals surface area (Å²) in [5.74, 6) is -14.2. The van der Waals surface area contributed by atoms with Crippen molar-refractivity contribution in [1.82, 2.24) is 83.3 Å². The predicted octanol–water partition coefficient (Wildman–Crippen LogP) is -8.34. The largest absolute Gasteiger partial charge is 0.481 e. The zero-order valence-corrected chi connectivity index (χ0v) is 81.6. The summed E-state index contributed by atoms with van der Waals surface area (Å²) in [6.45, 7) is 4.51. The topological polar surface area (TPSA) is 778 Å². The number of aliphatic carboxylic acids is 1. The number of nitrogens with one attached hydrogen (secondary N) is 13. The van der Waals surface area contributed by atoms with Crippen LogP contribution in [0.5, 0.6) is 0 Å². The van der Waals surface area contributed by atoms with Gasteiger partial charge in [0.2, 0.25) is 112 Å². The Morgan fingerprint density at radius 3 is 0.859 bits per heavy atom. The lowest BCUT2D eigenvalue weighted by Gasteiger charge is -2.32. The molecular formula is C71H145N25O25S7. The van der Waals surface area contributed by atoms with Gasteiger partial charge >= 0.3 is 5.97 Å². The van der Waals surface area contributed by atoms with Crippen molar-refractivity contribution in [2.75, 3.05) is 166 Å². The normalized spacial score (nSPS) is 14.6. The Bertz CT molecular complexity index is 4460. The molecule has 0 heterocycles. The van der Waals surface area contributed by atoms with Crippen LogP contribution >= 0.6 is 0 Å². The minimum absolute atomic E-state index is 0.0000485. The zero-order valence-electron chi connectivity index (χ0n) is 75.9. The quantitative estimate of drug-likeness (QED) is 0.0153. The molecule has 0 aliphatic heterocycles. The average Bonchev–Trinajstić information content (AvgIpc) is 0.832. The van der Waals surface area contributed by atoms with Crippen molar-refractivity contribution in [3.05, 3.63) is 0 Å². The molecule has 746 valence electrons. The number of Topliss-reactive ketones (excluding diaryl/α,β-unsaturated/α-hetero) is 1. The summed E-state index contributed by atoms with van der Waals surface area (Å²) in [5, 5.41) is 69.1. The number of nitrogens with zero attached hydrogens (tertiary/aromatic N) is 7. The van der Waals surface area contributed by atoms with Gasteiger partial charge in [0.1, 0.15) is 5.78 Å². The van der Waals surface area contributed by atoms with Gasteiger partial charge < -0.3 is 92.0 Å². The molecule has 8 atom stereocenters. The molecule has 128 heavy (non-hydrogen) atoms. The molecule has 0 aromatic rings. The summed E-state index contributed by atoms with van der Waals surface area (Å²) in [5.41, 5.74) is 27.9. The van der Waals surface area contributed by atoms with Crippen molar-refractivity contribution in [2.24, 2.45) is 52.3 Å². The van der Waals surface area contributed by atoms with E-state index in [1.165, 1.54) is 6.92 Å². The maximum absolute atomic E-state index is 14.5. The van der Waals surface area contributed by atoms with Crippen LogP contribution in [0.1, 0.15) is 140 Å². The molecular weight excluding hydrogens is 1830 g/mol. The molecule has 0 saturated heterocycles. The highest BCUT2D eigenvalue weighted by Gasteiger charge is 2.39. The minimum Gasteiger partial charge on any atom is -0.481 e.